The lowest BCUT2D eigenvalue weighted by atomic mass is 10.0. The summed E-state index contributed by atoms with van der Waals surface area (Å²) in [6.07, 6.45) is 5.00. The van der Waals surface area contributed by atoms with Gasteiger partial charge in [-0.05, 0) is 30.3 Å². The molecule has 0 bridgehead atoms. The number of aromatic hydroxyl groups is 1. The molecule has 0 spiro atoms. The first-order chi connectivity index (χ1) is 13.8. The zero-order chi connectivity index (χ0) is 18.9. The molecule has 5 heterocycles. The average Bonchev–Trinajstić information content (AvgIpc) is 3.28. The van der Waals surface area contributed by atoms with Crippen molar-refractivity contribution in [3.63, 3.8) is 0 Å². The van der Waals surface area contributed by atoms with Crippen LogP contribution in [0.25, 0.3) is 33.4 Å². The Kier molecular flexibility index (Phi) is 4.10. The summed E-state index contributed by atoms with van der Waals surface area (Å²) in [6, 6.07) is 9.45. The van der Waals surface area contributed by atoms with Crippen LogP contribution in [0.5, 0.6) is 5.88 Å². The summed E-state index contributed by atoms with van der Waals surface area (Å²) in [7, 11) is 0. The first kappa shape index (κ1) is 16.6. The molecular weight excluding hydrogens is 356 g/mol. The normalized spacial score (nSPS) is 14.5. The third-order valence-corrected chi connectivity index (χ3v) is 4.88. The number of aromatic nitrogens is 5. The van der Waals surface area contributed by atoms with E-state index in [-0.39, 0.29) is 5.88 Å². The van der Waals surface area contributed by atoms with Gasteiger partial charge in [0, 0.05) is 48.2 Å². The van der Waals surface area contributed by atoms with E-state index in [0.29, 0.717) is 18.8 Å². The molecule has 1 fully saturated rings. The molecule has 0 unspecified atom stereocenters. The molecule has 0 radical (unpaired) electrons. The van der Waals surface area contributed by atoms with Crippen LogP contribution >= 0.6 is 0 Å². The van der Waals surface area contributed by atoms with Gasteiger partial charge in [-0.2, -0.15) is 5.10 Å². The molecular formula is C20H18N6O2. The Morgan fingerprint density at radius 1 is 1.00 bits per heavy atom. The number of pyridine rings is 3. The van der Waals surface area contributed by atoms with Gasteiger partial charge in [-0.15, -0.1) is 0 Å². The van der Waals surface area contributed by atoms with Crippen LogP contribution in [0.3, 0.4) is 0 Å². The number of ether oxygens (including phenoxy) is 1. The molecule has 0 saturated carbocycles. The van der Waals surface area contributed by atoms with Gasteiger partial charge in [0.2, 0.25) is 5.88 Å². The van der Waals surface area contributed by atoms with Crippen molar-refractivity contribution in [1.29, 1.82) is 0 Å². The van der Waals surface area contributed by atoms with E-state index in [2.05, 4.69) is 25.1 Å². The van der Waals surface area contributed by atoms with Gasteiger partial charge in [-0.3, -0.25) is 10.1 Å². The van der Waals surface area contributed by atoms with E-state index in [0.717, 1.165) is 46.8 Å². The molecule has 1 aliphatic rings. The van der Waals surface area contributed by atoms with Crippen molar-refractivity contribution in [1.82, 2.24) is 25.1 Å². The van der Waals surface area contributed by atoms with E-state index in [4.69, 9.17) is 9.72 Å². The average molecular weight is 374 g/mol. The molecule has 140 valence electrons. The summed E-state index contributed by atoms with van der Waals surface area (Å²) in [5, 5.41) is 18.3. The quantitative estimate of drug-likeness (QED) is 0.568. The van der Waals surface area contributed by atoms with Crippen LogP contribution in [-0.2, 0) is 4.74 Å². The first-order valence-corrected chi connectivity index (χ1v) is 9.08. The second kappa shape index (κ2) is 6.90. The summed E-state index contributed by atoms with van der Waals surface area (Å²) in [5.41, 5.74) is 3.77. The molecule has 1 saturated heterocycles. The Hall–Kier alpha value is -3.52. The van der Waals surface area contributed by atoms with Gasteiger partial charge >= 0.3 is 0 Å². The minimum absolute atomic E-state index is 0.0113. The van der Waals surface area contributed by atoms with Crippen LogP contribution in [0.15, 0.2) is 48.9 Å². The summed E-state index contributed by atoms with van der Waals surface area (Å²) >= 11 is 0. The number of aromatic amines is 1. The lowest BCUT2D eigenvalue weighted by molar-refractivity contribution is 0.122. The van der Waals surface area contributed by atoms with Crippen LogP contribution in [-0.4, -0.2) is 56.6 Å². The Balaban J connectivity index is 1.80. The predicted molar refractivity (Wildman–Crippen MR) is 105 cm³/mol. The highest BCUT2D eigenvalue weighted by Crippen LogP contribution is 2.37. The van der Waals surface area contributed by atoms with Crippen LogP contribution in [0.2, 0.25) is 0 Å². The zero-order valence-electron chi connectivity index (χ0n) is 15.0. The molecule has 2 N–H and O–H groups in total. The molecule has 4 aromatic rings. The fourth-order valence-corrected chi connectivity index (χ4v) is 3.51. The van der Waals surface area contributed by atoms with Crippen molar-refractivity contribution < 1.29 is 9.84 Å². The SMILES string of the molecule is Oc1ncccc1-c1cc(N2CCOCC2)nc2c(-c3ccn[nH]3)nccc12. The largest absolute Gasteiger partial charge is 0.493 e. The molecule has 5 rings (SSSR count). The van der Waals surface area contributed by atoms with Gasteiger partial charge in [-0.25, -0.2) is 9.97 Å². The lowest BCUT2D eigenvalue weighted by Crippen LogP contribution is -2.36. The van der Waals surface area contributed by atoms with Crippen molar-refractivity contribution >= 4 is 16.7 Å². The van der Waals surface area contributed by atoms with Gasteiger partial charge in [0.1, 0.15) is 17.0 Å². The maximum absolute atomic E-state index is 10.4. The smallest absolute Gasteiger partial charge is 0.218 e. The second-order valence-corrected chi connectivity index (χ2v) is 6.53. The number of H-pyrrole nitrogens is 1. The molecule has 28 heavy (non-hydrogen) atoms. The molecule has 1 aliphatic heterocycles. The maximum Gasteiger partial charge on any atom is 0.218 e. The summed E-state index contributed by atoms with van der Waals surface area (Å²) < 4.78 is 5.48. The standard InChI is InChI=1S/C20H18N6O2/c27-20-14(2-1-5-22-20)15-12-17(26-8-10-28-11-9-26)24-18-13(15)3-6-21-19(18)16-4-7-23-25-16/h1-7,12H,8-11H2,(H,22,27)(H,23,25). The van der Waals surface area contributed by atoms with Gasteiger partial charge in [0.25, 0.3) is 0 Å². The van der Waals surface area contributed by atoms with Gasteiger partial charge in [0.15, 0.2) is 0 Å². The Bertz CT molecular complexity index is 1120. The maximum atomic E-state index is 10.4. The van der Waals surface area contributed by atoms with Crippen molar-refractivity contribution in [2.24, 2.45) is 0 Å². The molecule has 8 nitrogen and oxygen atoms in total. The van der Waals surface area contributed by atoms with E-state index in [1.165, 1.54) is 0 Å². The summed E-state index contributed by atoms with van der Waals surface area (Å²) in [6.45, 7) is 2.84. The van der Waals surface area contributed by atoms with E-state index >= 15 is 0 Å². The summed E-state index contributed by atoms with van der Waals surface area (Å²) in [5.74, 6) is 0.811. The number of hydrogen-bond donors (Lipinski definition) is 2. The Morgan fingerprint density at radius 3 is 2.68 bits per heavy atom. The highest BCUT2D eigenvalue weighted by Gasteiger charge is 2.20. The van der Waals surface area contributed by atoms with E-state index < -0.39 is 0 Å². The second-order valence-electron chi connectivity index (χ2n) is 6.53. The van der Waals surface area contributed by atoms with Crippen molar-refractivity contribution in [3.8, 4) is 28.4 Å². The topological polar surface area (TPSA) is 100 Å². The number of fused-ring (bicyclic) bond motifs is 1. The third-order valence-electron chi connectivity index (χ3n) is 4.88. The van der Waals surface area contributed by atoms with Gasteiger partial charge in [0.05, 0.1) is 18.9 Å². The lowest BCUT2D eigenvalue weighted by Gasteiger charge is -2.28. The number of anilines is 1. The van der Waals surface area contributed by atoms with E-state index in [1.807, 2.05) is 30.3 Å². The molecule has 0 atom stereocenters. The number of rotatable bonds is 3. The van der Waals surface area contributed by atoms with E-state index in [1.54, 1.807) is 18.6 Å². The minimum atomic E-state index is -0.0113. The van der Waals surface area contributed by atoms with Crippen LogP contribution in [0.4, 0.5) is 5.82 Å². The Morgan fingerprint density at radius 2 is 1.89 bits per heavy atom. The first-order valence-electron chi connectivity index (χ1n) is 9.08. The molecule has 0 aliphatic carbocycles. The van der Waals surface area contributed by atoms with Crippen molar-refractivity contribution in [2.75, 3.05) is 31.2 Å². The third kappa shape index (κ3) is 2.84. The fraction of sp³-hybridized carbons (Fsp3) is 0.200. The summed E-state index contributed by atoms with van der Waals surface area (Å²) in [4.78, 5) is 15.7. The van der Waals surface area contributed by atoms with Crippen LogP contribution in [0.1, 0.15) is 0 Å². The monoisotopic (exact) mass is 374 g/mol. The van der Waals surface area contributed by atoms with E-state index in [9.17, 15) is 5.11 Å². The number of hydrogen-bond acceptors (Lipinski definition) is 7. The highest BCUT2D eigenvalue weighted by atomic mass is 16.5. The van der Waals surface area contributed by atoms with Crippen LogP contribution < -0.4 is 4.90 Å². The highest BCUT2D eigenvalue weighted by molar-refractivity contribution is 6.02. The molecule has 8 heteroatoms. The molecule has 0 aromatic carbocycles. The minimum Gasteiger partial charge on any atom is -0.493 e. The fourth-order valence-electron chi connectivity index (χ4n) is 3.51. The van der Waals surface area contributed by atoms with Crippen molar-refractivity contribution in [2.45, 2.75) is 0 Å². The number of nitrogens with zero attached hydrogens (tertiary/aromatic N) is 5. The number of morpholine rings is 1. The van der Waals surface area contributed by atoms with Crippen molar-refractivity contribution in [3.05, 3.63) is 48.9 Å². The predicted octanol–water partition coefficient (Wildman–Crippen LogP) is 2.62. The van der Waals surface area contributed by atoms with Crippen LogP contribution in [0, 0.1) is 0 Å². The number of nitrogens with one attached hydrogen (secondary N) is 1. The van der Waals surface area contributed by atoms with Gasteiger partial charge in [-0.1, -0.05) is 0 Å². The molecule has 4 aromatic heterocycles. The zero-order valence-corrected chi connectivity index (χ0v) is 15.0. The van der Waals surface area contributed by atoms with Gasteiger partial charge < -0.3 is 14.7 Å². The molecule has 0 amide bonds. The Labute approximate surface area is 160 Å².